The summed E-state index contributed by atoms with van der Waals surface area (Å²) in [5.74, 6) is 0. The molecule has 0 N–H and O–H groups in total. The van der Waals surface area contributed by atoms with E-state index in [4.69, 9.17) is 0 Å². The van der Waals surface area contributed by atoms with Crippen LogP contribution in [0.5, 0.6) is 0 Å². The van der Waals surface area contributed by atoms with Crippen LogP contribution in [0.15, 0.2) is 66.8 Å². The summed E-state index contributed by atoms with van der Waals surface area (Å²) in [5, 5.41) is 2.62. The van der Waals surface area contributed by atoms with Gasteiger partial charge in [0.05, 0.1) is 0 Å². The first-order chi connectivity index (χ1) is 7.47. The second kappa shape index (κ2) is 7.05. The summed E-state index contributed by atoms with van der Waals surface area (Å²) in [6, 6.07) is 16.7. The zero-order valence-electron chi connectivity index (χ0n) is 8.91. The molecule has 0 heterocycles. The van der Waals surface area contributed by atoms with E-state index in [2.05, 4.69) is 60.7 Å². The van der Waals surface area contributed by atoms with Crippen LogP contribution in [-0.2, 0) is 17.1 Å². The molecule has 0 saturated heterocycles. The zero-order valence-corrected chi connectivity index (χ0v) is 10.0. The second-order valence-corrected chi connectivity index (χ2v) is 3.35. The molecule has 82 valence electrons. The topological polar surface area (TPSA) is 0 Å². The van der Waals surface area contributed by atoms with E-state index < -0.39 is 0 Å². The van der Waals surface area contributed by atoms with Crippen molar-refractivity contribution < 1.29 is 17.1 Å². The maximum atomic E-state index is 2.99. The minimum atomic E-state index is 0. The van der Waals surface area contributed by atoms with E-state index in [1.807, 2.05) is 12.2 Å². The van der Waals surface area contributed by atoms with Gasteiger partial charge in [-0.25, -0.2) is 12.2 Å². The van der Waals surface area contributed by atoms with Crippen LogP contribution < -0.4 is 0 Å². The van der Waals surface area contributed by atoms with Crippen LogP contribution in [0.3, 0.4) is 0 Å². The van der Waals surface area contributed by atoms with Gasteiger partial charge in [0, 0.05) is 17.1 Å². The summed E-state index contributed by atoms with van der Waals surface area (Å²) >= 11 is 0. The van der Waals surface area contributed by atoms with Crippen molar-refractivity contribution in [1.29, 1.82) is 0 Å². The molecule has 0 amide bonds. The van der Waals surface area contributed by atoms with Gasteiger partial charge in [0.15, 0.2) is 0 Å². The van der Waals surface area contributed by atoms with E-state index in [9.17, 15) is 0 Å². The minimum absolute atomic E-state index is 0. The largest absolute Gasteiger partial charge is 0.273 e. The smallest absolute Gasteiger partial charge is 0 e. The number of hydrogen-bond donors (Lipinski definition) is 0. The molecule has 1 aliphatic rings. The average molecular weight is 249 g/mol. The van der Waals surface area contributed by atoms with Gasteiger partial charge in [-0.15, -0.1) is 6.42 Å². The summed E-state index contributed by atoms with van der Waals surface area (Å²) in [6.07, 6.45) is 10.0. The van der Waals surface area contributed by atoms with Crippen LogP contribution in [0.2, 0.25) is 0 Å². The predicted octanol–water partition coefficient (Wildman–Crippen LogP) is 4.14. The van der Waals surface area contributed by atoms with Gasteiger partial charge in [0.2, 0.25) is 0 Å². The molecular weight excluding hydrogens is 236 g/mol. The molecule has 0 saturated carbocycles. The zero-order chi connectivity index (χ0) is 10.3. The van der Waals surface area contributed by atoms with Crippen molar-refractivity contribution in [1.82, 2.24) is 0 Å². The van der Waals surface area contributed by atoms with Crippen LogP contribution in [0.25, 0.3) is 10.8 Å². The molecule has 0 aromatic heterocycles. The van der Waals surface area contributed by atoms with Crippen molar-refractivity contribution >= 4 is 10.8 Å². The fraction of sp³-hybridized carbons (Fsp3) is 0.0667. The molecule has 0 radical (unpaired) electrons. The Morgan fingerprint density at radius 2 is 1.31 bits per heavy atom. The Morgan fingerprint density at radius 3 is 1.56 bits per heavy atom. The van der Waals surface area contributed by atoms with E-state index in [0.717, 1.165) is 6.42 Å². The number of allylic oxidation sites excluding steroid dienone is 4. The maximum absolute atomic E-state index is 2.99. The van der Waals surface area contributed by atoms with Gasteiger partial charge in [0.25, 0.3) is 0 Å². The third-order valence-electron chi connectivity index (χ3n) is 2.24. The molecule has 0 atom stereocenters. The van der Waals surface area contributed by atoms with Crippen LogP contribution >= 0.6 is 0 Å². The molecule has 0 unspecified atom stereocenters. The fourth-order valence-electron chi connectivity index (χ4n) is 1.47. The number of benzene rings is 2. The van der Waals surface area contributed by atoms with Crippen molar-refractivity contribution in [3.63, 3.8) is 0 Å². The molecule has 0 nitrogen and oxygen atoms in total. The minimum Gasteiger partial charge on any atom is -0.273 e. The van der Waals surface area contributed by atoms with Crippen molar-refractivity contribution in [3.05, 3.63) is 72.8 Å². The summed E-state index contributed by atoms with van der Waals surface area (Å²) in [5.41, 5.74) is 0. The van der Waals surface area contributed by atoms with Crippen molar-refractivity contribution in [2.24, 2.45) is 0 Å². The fourth-order valence-corrected chi connectivity index (χ4v) is 1.47. The van der Waals surface area contributed by atoms with Gasteiger partial charge < -0.3 is 0 Å². The van der Waals surface area contributed by atoms with Gasteiger partial charge in [-0.05, 0) is 10.8 Å². The van der Waals surface area contributed by atoms with E-state index >= 15 is 0 Å². The van der Waals surface area contributed by atoms with Gasteiger partial charge in [-0.2, -0.15) is 6.08 Å². The van der Waals surface area contributed by atoms with E-state index in [0.29, 0.717) is 0 Å². The first-order valence-electron chi connectivity index (χ1n) is 5.12. The van der Waals surface area contributed by atoms with Crippen molar-refractivity contribution in [3.8, 4) is 0 Å². The van der Waals surface area contributed by atoms with E-state index in [1.165, 1.54) is 10.8 Å². The Labute approximate surface area is 107 Å². The summed E-state index contributed by atoms with van der Waals surface area (Å²) in [4.78, 5) is 0. The van der Waals surface area contributed by atoms with Gasteiger partial charge in [-0.3, -0.25) is 6.08 Å². The molecule has 2 aromatic carbocycles. The number of hydrogen-bond acceptors (Lipinski definition) is 0. The molecule has 1 aliphatic carbocycles. The quantitative estimate of drug-likeness (QED) is 0.486. The summed E-state index contributed by atoms with van der Waals surface area (Å²) in [6.45, 7) is 0. The molecule has 2 aromatic rings. The second-order valence-electron chi connectivity index (χ2n) is 3.35. The van der Waals surface area contributed by atoms with Crippen LogP contribution in [0.1, 0.15) is 6.42 Å². The SMILES string of the molecule is [C-]1=CC=CC1.[Fe].c1ccc2ccccc2c1. The van der Waals surface area contributed by atoms with Crippen molar-refractivity contribution in [2.45, 2.75) is 6.42 Å². The van der Waals surface area contributed by atoms with E-state index in [-0.39, 0.29) is 17.1 Å². The monoisotopic (exact) mass is 249 g/mol. The van der Waals surface area contributed by atoms with Crippen LogP contribution in [0, 0.1) is 6.08 Å². The predicted molar refractivity (Wildman–Crippen MR) is 65.5 cm³/mol. The van der Waals surface area contributed by atoms with Crippen LogP contribution in [0.4, 0.5) is 0 Å². The Kier molecular flexibility index (Phi) is 5.63. The van der Waals surface area contributed by atoms with Gasteiger partial charge in [0.1, 0.15) is 0 Å². The third kappa shape index (κ3) is 3.69. The molecule has 0 fully saturated rings. The van der Waals surface area contributed by atoms with E-state index in [1.54, 1.807) is 0 Å². The molecular formula is C15H13Fe-. The number of fused-ring (bicyclic) bond motifs is 1. The average Bonchev–Trinajstić information content (AvgIpc) is 2.88. The third-order valence-corrected chi connectivity index (χ3v) is 2.24. The molecule has 3 rings (SSSR count). The molecule has 1 heteroatoms. The van der Waals surface area contributed by atoms with Crippen LogP contribution in [-0.4, -0.2) is 0 Å². The Bertz CT molecular complexity index is 408. The summed E-state index contributed by atoms with van der Waals surface area (Å²) in [7, 11) is 0. The summed E-state index contributed by atoms with van der Waals surface area (Å²) < 4.78 is 0. The van der Waals surface area contributed by atoms with Crippen molar-refractivity contribution in [2.75, 3.05) is 0 Å². The molecule has 0 spiro atoms. The Balaban J connectivity index is 0.000000183. The first kappa shape index (κ1) is 12.8. The first-order valence-corrected chi connectivity index (χ1v) is 5.12. The Hall–Kier alpha value is -1.30. The normalized spacial score (nSPS) is 11.8. The maximum Gasteiger partial charge on any atom is 0 e. The number of rotatable bonds is 0. The van der Waals surface area contributed by atoms with Gasteiger partial charge in [-0.1, -0.05) is 48.5 Å². The van der Waals surface area contributed by atoms with Gasteiger partial charge >= 0.3 is 0 Å². The standard InChI is InChI=1S/C10H8.C5H5.Fe/c1-2-6-10-8-4-3-7-9(10)5-1;1-2-4-5-3-1;/h1-8H;1-3H,4H2;/q;-1;. The Morgan fingerprint density at radius 1 is 0.812 bits per heavy atom. The molecule has 0 bridgehead atoms. The molecule has 0 aliphatic heterocycles. The molecule has 16 heavy (non-hydrogen) atoms.